The summed E-state index contributed by atoms with van der Waals surface area (Å²) in [7, 11) is 5.27. The van der Waals surface area contributed by atoms with E-state index in [4.69, 9.17) is 4.74 Å². The van der Waals surface area contributed by atoms with Crippen molar-refractivity contribution >= 4 is 5.91 Å². The average molecular weight is 251 g/mol. The summed E-state index contributed by atoms with van der Waals surface area (Å²) < 4.78 is 5.16. The Hall–Kier alpha value is -1.62. The van der Waals surface area contributed by atoms with Crippen molar-refractivity contribution in [2.75, 3.05) is 21.2 Å². The lowest BCUT2D eigenvalue weighted by atomic mass is 10.2. The summed E-state index contributed by atoms with van der Waals surface area (Å²) >= 11 is 0. The number of nitrogens with one attached hydrogen (secondary N) is 1. The zero-order chi connectivity index (χ0) is 13.5. The normalized spacial score (nSPS) is 12.3. The van der Waals surface area contributed by atoms with Gasteiger partial charge >= 0.3 is 0 Å². The molecule has 0 aliphatic carbocycles. The molecule has 0 aliphatic rings. The van der Waals surface area contributed by atoms with Crippen LogP contribution in [0.3, 0.4) is 0 Å². The van der Waals surface area contributed by atoms with Crippen molar-refractivity contribution in [3.05, 3.63) is 24.0 Å². The quantitative estimate of drug-likeness (QED) is 0.821. The van der Waals surface area contributed by atoms with Gasteiger partial charge in [-0.3, -0.25) is 14.7 Å². The number of amides is 1. The van der Waals surface area contributed by atoms with Crippen molar-refractivity contribution in [2.24, 2.45) is 0 Å². The van der Waals surface area contributed by atoms with Crippen LogP contribution in [-0.4, -0.2) is 43.0 Å². The standard InChI is InChI=1S/C13H21N3O2/c1-10(7-13(17)14-2)16(3)9-11-8-12(18-4)5-6-15-11/h5-6,8,10H,7,9H2,1-4H3,(H,14,17)/t10-/m0/s1. The molecular formula is C13H21N3O2. The number of rotatable bonds is 6. The summed E-state index contributed by atoms with van der Waals surface area (Å²) in [5.41, 5.74) is 0.931. The maximum Gasteiger partial charge on any atom is 0.221 e. The molecule has 0 unspecified atom stereocenters. The predicted molar refractivity (Wildman–Crippen MR) is 70.4 cm³/mol. The van der Waals surface area contributed by atoms with Crippen molar-refractivity contribution in [2.45, 2.75) is 25.9 Å². The van der Waals surface area contributed by atoms with E-state index in [1.807, 2.05) is 26.1 Å². The highest BCUT2D eigenvalue weighted by Gasteiger charge is 2.13. The van der Waals surface area contributed by atoms with E-state index in [2.05, 4.69) is 15.2 Å². The summed E-state index contributed by atoms with van der Waals surface area (Å²) in [6.45, 7) is 2.71. The van der Waals surface area contributed by atoms with E-state index in [1.165, 1.54) is 0 Å². The first-order valence-electron chi connectivity index (χ1n) is 5.96. The largest absolute Gasteiger partial charge is 0.497 e. The molecule has 100 valence electrons. The number of pyridine rings is 1. The first kappa shape index (κ1) is 14.4. The van der Waals surface area contributed by atoms with Gasteiger partial charge in [-0.25, -0.2) is 0 Å². The Kier molecular flexibility index (Phi) is 5.58. The van der Waals surface area contributed by atoms with Crippen LogP contribution in [0, 0.1) is 0 Å². The number of nitrogens with zero attached hydrogens (tertiary/aromatic N) is 2. The molecule has 0 bridgehead atoms. The van der Waals surface area contributed by atoms with E-state index in [1.54, 1.807) is 20.4 Å². The fraction of sp³-hybridized carbons (Fsp3) is 0.538. The maximum atomic E-state index is 11.3. The molecule has 5 heteroatoms. The van der Waals surface area contributed by atoms with Crippen LogP contribution in [0.2, 0.25) is 0 Å². The molecule has 1 atom stereocenters. The highest BCUT2D eigenvalue weighted by Crippen LogP contribution is 2.13. The number of carbonyl (C=O) groups is 1. The van der Waals surface area contributed by atoms with Gasteiger partial charge in [0, 0.05) is 38.3 Å². The third kappa shape index (κ3) is 4.33. The van der Waals surface area contributed by atoms with E-state index in [0.717, 1.165) is 11.4 Å². The van der Waals surface area contributed by atoms with Gasteiger partial charge in [0.2, 0.25) is 5.91 Å². The summed E-state index contributed by atoms with van der Waals surface area (Å²) in [5, 5.41) is 2.63. The van der Waals surface area contributed by atoms with E-state index in [-0.39, 0.29) is 11.9 Å². The van der Waals surface area contributed by atoms with E-state index < -0.39 is 0 Å². The zero-order valence-electron chi connectivity index (χ0n) is 11.4. The fourth-order valence-electron chi connectivity index (χ4n) is 1.61. The lowest BCUT2D eigenvalue weighted by Crippen LogP contribution is -2.34. The molecule has 1 N–H and O–H groups in total. The van der Waals surface area contributed by atoms with Gasteiger partial charge in [0.25, 0.3) is 0 Å². The lowest BCUT2D eigenvalue weighted by molar-refractivity contribution is -0.121. The van der Waals surface area contributed by atoms with Crippen molar-refractivity contribution in [1.82, 2.24) is 15.2 Å². The first-order chi connectivity index (χ1) is 8.56. The number of aromatic nitrogens is 1. The van der Waals surface area contributed by atoms with Gasteiger partial charge in [0.15, 0.2) is 0 Å². The number of hydrogen-bond donors (Lipinski definition) is 1. The molecule has 0 saturated heterocycles. The monoisotopic (exact) mass is 251 g/mol. The highest BCUT2D eigenvalue weighted by atomic mass is 16.5. The van der Waals surface area contributed by atoms with Gasteiger partial charge in [0.1, 0.15) is 5.75 Å². The average Bonchev–Trinajstić information content (AvgIpc) is 2.38. The molecule has 1 amide bonds. The Morgan fingerprint density at radius 2 is 2.33 bits per heavy atom. The molecule has 1 aromatic heterocycles. The topological polar surface area (TPSA) is 54.5 Å². The second-order valence-corrected chi connectivity index (χ2v) is 4.33. The van der Waals surface area contributed by atoms with Crippen LogP contribution in [0.1, 0.15) is 19.0 Å². The molecule has 0 aliphatic heterocycles. The fourth-order valence-corrected chi connectivity index (χ4v) is 1.61. The van der Waals surface area contributed by atoms with Gasteiger partial charge in [-0.15, -0.1) is 0 Å². The number of carbonyl (C=O) groups excluding carboxylic acids is 1. The van der Waals surface area contributed by atoms with Gasteiger partial charge < -0.3 is 10.1 Å². The third-order valence-electron chi connectivity index (χ3n) is 2.95. The number of methoxy groups -OCH3 is 1. The first-order valence-corrected chi connectivity index (χ1v) is 5.96. The van der Waals surface area contributed by atoms with Gasteiger partial charge in [-0.05, 0) is 20.0 Å². The minimum Gasteiger partial charge on any atom is -0.497 e. The molecule has 1 heterocycles. The van der Waals surface area contributed by atoms with E-state index in [0.29, 0.717) is 13.0 Å². The third-order valence-corrected chi connectivity index (χ3v) is 2.95. The predicted octanol–water partition coefficient (Wildman–Crippen LogP) is 1.05. The van der Waals surface area contributed by atoms with E-state index >= 15 is 0 Å². The Bertz CT molecular complexity index is 396. The molecule has 1 rings (SSSR count). The van der Waals surface area contributed by atoms with Gasteiger partial charge in [-0.2, -0.15) is 0 Å². The minimum absolute atomic E-state index is 0.0490. The Labute approximate surface area is 108 Å². The molecule has 18 heavy (non-hydrogen) atoms. The zero-order valence-corrected chi connectivity index (χ0v) is 11.4. The van der Waals surface area contributed by atoms with Crippen molar-refractivity contribution in [3.8, 4) is 5.75 Å². The van der Waals surface area contributed by atoms with Crippen LogP contribution >= 0.6 is 0 Å². The maximum absolute atomic E-state index is 11.3. The second-order valence-electron chi connectivity index (χ2n) is 4.33. The summed E-state index contributed by atoms with van der Waals surface area (Å²) in [6, 6.07) is 3.89. The second kappa shape index (κ2) is 6.96. The van der Waals surface area contributed by atoms with Gasteiger partial charge in [-0.1, -0.05) is 0 Å². The molecule has 0 aromatic carbocycles. The molecule has 0 fully saturated rings. The SMILES string of the molecule is CNC(=O)C[C@H](C)N(C)Cc1cc(OC)ccn1. The Balaban J connectivity index is 2.57. The molecule has 0 saturated carbocycles. The Morgan fingerprint density at radius 1 is 1.61 bits per heavy atom. The molecule has 0 spiro atoms. The molecule has 5 nitrogen and oxygen atoms in total. The van der Waals surface area contributed by atoms with Gasteiger partial charge in [0.05, 0.1) is 12.8 Å². The van der Waals surface area contributed by atoms with Crippen LogP contribution < -0.4 is 10.1 Å². The summed E-state index contributed by atoms with van der Waals surface area (Å²) in [6.07, 6.45) is 2.21. The van der Waals surface area contributed by atoms with Crippen molar-refractivity contribution < 1.29 is 9.53 Å². The summed E-state index contributed by atoms with van der Waals surface area (Å²) in [4.78, 5) is 17.7. The van der Waals surface area contributed by atoms with Crippen LogP contribution in [-0.2, 0) is 11.3 Å². The Morgan fingerprint density at radius 3 is 2.94 bits per heavy atom. The minimum atomic E-state index is 0.0490. The van der Waals surface area contributed by atoms with Crippen LogP contribution in [0.15, 0.2) is 18.3 Å². The molecule has 0 radical (unpaired) electrons. The molecular weight excluding hydrogens is 230 g/mol. The number of hydrogen-bond acceptors (Lipinski definition) is 4. The van der Waals surface area contributed by atoms with Crippen LogP contribution in [0.5, 0.6) is 5.75 Å². The van der Waals surface area contributed by atoms with Crippen LogP contribution in [0.4, 0.5) is 0 Å². The van der Waals surface area contributed by atoms with Crippen molar-refractivity contribution in [1.29, 1.82) is 0 Å². The smallest absolute Gasteiger partial charge is 0.221 e. The number of ether oxygens (including phenoxy) is 1. The van der Waals surface area contributed by atoms with Crippen molar-refractivity contribution in [3.63, 3.8) is 0 Å². The highest BCUT2D eigenvalue weighted by molar-refractivity contribution is 5.76. The summed E-state index contributed by atoms with van der Waals surface area (Å²) in [5.74, 6) is 0.848. The van der Waals surface area contributed by atoms with Crippen LogP contribution in [0.25, 0.3) is 0 Å². The van der Waals surface area contributed by atoms with E-state index in [9.17, 15) is 4.79 Å². The lowest BCUT2D eigenvalue weighted by Gasteiger charge is -2.23. The molecule has 1 aromatic rings.